The number of nitrogens with zero attached hydrogens (tertiary/aromatic N) is 1. The zero-order valence-electron chi connectivity index (χ0n) is 22.3. The van der Waals surface area contributed by atoms with Crippen LogP contribution in [0.25, 0.3) is 0 Å². The lowest BCUT2D eigenvalue weighted by Crippen LogP contribution is -2.20. The number of hydrogen-bond donors (Lipinski definition) is 2. The molecule has 0 saturated carbocycles. The van der Waals surface area contributed by atoms with Gasteiger partial charge in [-0.05, 0) is 97.9 Å². The predicted octanol–water partition coefficient (Wildman–Crippen LogP) is 6.89. The lowest BCUT2D eigenvalue weighted by molar-refractivity contribution is -0.118. The van der Waals surface area contributed by atoms with Crippen LogP contribution >= 0.6 is 31.9 Å². The summed E-state index contributed by atoms with van der Waals surface area (Å²) in [7, 11) is 1.52. The minimum absolute atomic E-state index is 0.172. The Morgan fingerprint density at radius 3 is 2.34 bits per heavy atom. The molecule has 0 spiro atoms. The van der Waals surface area contributed by atoms with E-state index < -0.39 is 5.91 Å². The molecule has 4 aromatic carbocycles. The van der Waals surface area contributed by atoms with Crippen molar-refractivity contribution in [2.75, 3.05) is 19.0 Å². The van der Waals surface area contributed by atoms with Crippen molar-refractivity contribution in [2.45, 2.75) is 13.5 Å². The van der Waals surface area contributed by atoms with Gasteiger partial charge in [0.05, 0.1) is 22.3 Å². The van der Waals surface area contributed by atoms with E-state index in [0.29, 0.717) is 49.6 Å². The number of amides is 2. The highest BCUT2D eigenvalue weighted by atomic mass is 79.9. The highest BCUT2D eigenvalue weighted by Gasteiger charge is 2.13. The number of carbonyl (C=O) groups excluding carboxylic acids is 2. The molecular formula is C31H27Br2N3O5. The Morgan fingerprint density at radius 1 is 0.878 bits per heavy atom. The van der Waals surface area contributed by atoms with Crippen LogP contribution in [0, 0.1) is 6.92 Å². The van der Waals surface area contributed by atoms with E-state index in [1.54, 1.807) is 30.3 Å². The summed E-state index contributed by atoms with van der Waals surface area (Å²) in [5.41, 5.74) is 6.33. The number of hydrazone groups is 1. The zero-order valence-corrected chi connectivity index (χ0v) is 25.5. The van der Waals surface area contributed by atoms with E-state index in [0.717, 1.165) is 11.1 Å². The third-order valence-corrected chi connectivity index (χ3v) is 6.89. The van der Waals surface area contributed by atoms with Gasteiger partial charge in [0.1, 0.15) is 12.4 Å². The van der Waals surface area contributed by atoms with Gasteiger partial charge in [-0.2, -0.15) is 5.10 Å². The molecule has 2 N–H and O–H groups in total. The quantitative estimate of drug-likeness (QED) is 0.133. The first-order valence-electron chi connectivity index (χ1n) is 12.5. The monoisotopic (exact) mass is 679 g/mol. The third kappa shape index (κ3) is 8.67. The number of rotatable bonds is 11. The molecule has 10 heteroatoms. The molecule has 0 aliphatic heterocycles. The van der Waals surface area contributed by atoms with Gasteiger partial charge in [0.25, 0.3) is 11.8 Å². The topological polar surface area (TPSA) is 98.3 Å². The molecule has 0 bridgehead atoms. The fourth-order valence-electron chi connectivity index (χ4n) is 3.74. The first-order valence-corrected chi connectivity index (χ1v) is 14.1. The first kappa shape index (κ1) is 29.8. The highest BCUT2D eigenvalue weighted by molar-refractivity contribution is 9.11. The number of halogens is 2. The molecule has 8 nitrogen and oxygen atoms in total. The number of carbonyl (C=O) groups is 2. The second-order valence-corrected chi connectivity index (χ2v) is 10.6. The maximum absolute atomic E-state index is 12.7. The molecular weight excluding hydrogens is 654 g/mol. The number of hydrogen-bond acceptors (Lipinski definition) is 6. The van der Waals surface area contributed by atoms with Crippen LogP contribution in [-0.2, 0) is 11.4 Å². The van der Waals surface area contributed by atoms with Crippen molar-refractivity contribution in [1.29, 1.82) is 0 Å². The van der Waals surface area contributed by atoms with Crippen LogP contribution in [0.4, 0.5) is 5.69 Å². The van der Waals surface area contributed by atoms with E-state index >= 15 is 0 Å². The van der Waals surface area contributed by atoms with Crippen molar-refractivity contribution < 1.29 is 23.8 Å². The Labute approximate surface area is 255 Å². The van der Waals surface area contributed by atoms with Crippen LogP contribution < -0.4 is 25.0 Å². The average Bonchev–Trinajstić information content (AvgIpc) is 2.96. The molecule has 0 aliphatic carbocycles. The Balaban J connectivity index is 1.32. The van der Waals surface area contributed by atoms with E-state index in [-0.39, 0.29) is 12.5 Å². The molecule has 210 valence electrons. The SMILES string of the molecule is COc1cc(C(=O)N/N=C/c2cc(Br)c(OCC(=O)Nc3cccc(C)c3)c(Br)c2)ccc1OCc1ccccc1. The summed E-state index contributed by atoms with van der Waals surface area (Å²) in [6.45, 7) is 2.16. The molecule has 41 heavy (non-hydrogen) atoms. The van der Waals surface area contributed by atoms with Gasteiger partial charge in [0.15, 0.2) is 18.1 Å². The number of aryl methyl sites for hydroxylation is 1. The Hall–Kier alpha value is -4.15. The molecule has 0 radical (unpaired) electrons. The fourth-order valence-corrected chi connectivity index (χ4v) is 5.19. The molecule has 0 aromatic heterocycles. The lowest BCUT2D eigenvalue weighted by atomic mass is 10.2. The largest absolute Gasteiger partial charge is 0.493 e. The minimum Gasteiger partial charge on any atom is -0.493 e. The van der Waals surface area contributed by atoms with Crippen LogP contribution in [0.1, 0.15) is 27.0 Å². The van der Waals surface area contributed by atoms with Gasteiger partial charge in [-0.15, -0.1) is 0 Å². The van der Waals surface area contributed by atoms with Crippen LogP contribution in [0.15, 0.2) is 99.0 Å². The highest BCUT2D eigenvalue weighted by Crippen LogP contribution is 2.34. The van der Waals surface area contributed by atoms with Gasteiger partial charge in [-0.3, -0.25) is 9.59 Å². The van der Waals surface area contributed by atoms with Crippen LogP contribution in [-0.4, -0.2) is 31.7 Å². The molecule has 0 fully saturated rings. The van der Waals surface area contributed by atoms with Gasteiger partial charge in [0, 0.05) is 11.3 Å². The van der Waals surface area contributed by atoms with E-state index in [1.165, 1.54) is 13.3 Å². The molecule has 0 aliphatic rings. The summed E-state index contributed by atoms with van der Waals surface area (Å²) in [4.78, 5) is 25.0. The van der Waals surface area contributed by atoms with Gasteiger partial charge < -0.3 is 19.5 Å². The molecule has 0 saturated heterocycles. The Kier molecular flexibility index (Phi) is 10.5. The summed E-state index contributed by atoms with van der Waals surface area (Å²) in [6.07, 6.45) is 1.50. The second kappa shape index (κ2) is 14.5. The second-order valence-electron chi connectivity index (χ2n) is 8.86. The number of methoxy groups -OCH3 is 1. The fraction of sp³-hybridized carbons (Fsp3) is 0.129. The van der Waals surface area contributed by atoms with Gasteiger partial charge in [0.2, 0.25) is 0 Å². The summed E-state index contributed by atoms with van der Waals surface area (Å²) >= 11 is 6.94. The van der Waals surface area contributed by atoms with Crippen LogP contribution in [0.5, 0.6) is 17.2 Å². The zero-order chi connectivity index (χ0) is 29.2. The number of ether oxygens (including phenoxy) is 3. The minimum atomic E-state index is -0.410. The molecule has 0 heterocycles. The Bertz CT molecular complexity index is 1540. The summed E-state index contributed by atoms with van der Waals surface area (Å²) in [5.74, 6) is 0.740. The van der Waals surface area contributed by atoms with E-state index in [4.69, 9.17) is 14.2 Å². The third-order valence-electron chi connectivity index (χ3n) is 5.71. The van der Waals surface area contributed by atoms with Gasteiger partial charge in [-0.1, -0.05) is 42.5 Å². The molecule has 2 amide bonds. The standard InChI is InChI=1S/C31H27Br2N3O5/c1-20-7-6-10-24(13-20)35-29(37)19-41-30-25(32)14-22(15-26(30)33)17-34-36-31(38)23-11-12-27(28(16-23)39-2)40-18-21-8-4-3-5-9-21/h3-17H,18-19H2,1-2H3,(H,35,37)(H,36,38)/b34-17+. The summed E-state index contributed by atoms with van der Waals surface area (Å²) in [5, 5.41) is 6.88. The van der Waals surface area contributed by atoms with Crippen molar-refractivity contribution in [2.24, 2.45) is 5.10 Å². The molecule has 0 atom stereocenters. The van der Waals surface area contributed by atoms with Gasteiger partial charge in [-0.25, -0.2) is 5.43 Å². The van der Waals surface area contributed by atoms with Crippen molar-refractivity contribution >= 4 is 55.6 Å². The smallest absolute Gasteiger partial charge is 0.271 e. The van der Waals surface area contributed by atoms with Crippen molar-refractivity contribution in [3.63, 3.8) is 0 Å². The number of benzene rings is 4. The van der Waals surface area contributed by atoms with Crippen LogP contribution in [0.2, 0.25) is 0 Å². The van der Waals surface area contributed by atoms with E-state index in [2.05, 4.69) is 47.7 Å². The van der Waals surface area contributed by atoms with E-state index in [1.807, 2.05) is 61.5 Å². The first-order chi connectivity index (χ1) is 19.8. The van der Waals surface area contributed by atoms with Crippen molar-refractivity contribution in [3.05, 3.63) is 116 Å². The maximum Gasteiger partial charge on any atom is 0.271 e. The predicted molar refractivity (Wildman–Crippen MR) is 166 cm³/mol. The van der Waals surface area contributed by atoms with Crippen LogP contribution in [0.3, 0.4) is 0 Å². The van der Waals surface area contributed by atoms with Gasteiger partial charge >= 0.3 is 0 Å². The normalized spacial score (nSPS) is 10.7. The molecule has 0 unspecified atom stereocenters. The maximum atomic E-state index is 12.7. The summed E-state index contributed by atoms with van der Waals surface area (Å²) < 4.78 is 18.2. The number of anilines is 1. The number of nitrogens with one attached hydrogen (secondary N) is 2. The van der Waals surface area contributed by atoms with Crippen molar-refractivity contribution in [1.82, 2.24) is 5.43 Å². The molecule has 4 rings (SSSR count). The lowest BCUT2D eigenvalue weighted by Gasteiger charge is -2.12. The molecule has 4 aromatic rings. The Morgan fingerprint density at radius 2 is 1.63 bits per heavy atom. The summed E-state index contributed by atoms with van der Waals surface area (Å²) in [6, 6.07) is 25.7. The van der Waals surface area contributed by atoms with E-state index in [9.17, 15) is 9.59 Å². The average molecular weight is 681 g/mol. The van der Waals surface area contributed by atoms with Crippen molar-refractivity contribution in [3.8, 4) is 17.2 Å².